The van der Waals surface area contributed by atoms with Crippen molar-refractivity contribution in [1.29, 1.82) is 0 Å². The van der Waals surface area contributed by atoms with Crippen LogP contribution in [0.1, 0.15) is 0 Å². The van der Waals surface area contributed by atoms with E-state index in [4.69, 9.17) is 0 Å². The van der Waals surface area contributed by atoms with Crippen molar-refractivity contribution in [2.75, 3.05) is 7.11 Å². The Hall–Kier alpha value is -1.16. The molecule has 1 rings (SSSR count). The summed E-state index contributed by atoms with van der Waals surface area (Å²) in [5, 5.41) is 0. The van der Waals surface area contributed by atoms with Crippen LogP contribution in [-0.2, 0) is 26.2 Å². The minimum absolute atomic E-state index is 0.216. The molecule has 23 heavy (non-hydrogen) atoms. The van der Waals surface area contributed by atoms with Crippen LogP contribution in [0, 0.1) is 29.1 Å². The fraction of sp³-hybridized carbons (Fsp3) is 0.250. The van der Waals surface area contributed by atoms with Gasteiger partial charge in [-0.05, 0) is 0 Å². The van der Waals surface area contributed by atoms with E-state index in [9.17, 15) is 48.1 Å². The maximum atomic E-state index is 13.4. The quantitative estimate of drug-likeness (QED) is 0.258. The highest BCUT2D eigenvalue weighted by Crippen LogP contribution is 2.34. The summed E-state index contributed by atoms with van der Waals surface area (Å²) in [6, 6.07) is 0. The lowest BCUT2D eigenvalue weighted by molar-refractivity contribution is -0.0648. The molecule has 0 saturated heterocycles. The van der Waals surface area contributed by atoms with Gasteiger partial charge in [0.25, 0.3) is 0 Å². The summed E-state index contributed by atoms with van der Waals surface area (Å²) < 4.78 is 135. The molecule has 0 saturated carbocycles. The Morgan fingerprint density at radius 3 is 1.61 bits per heavy atom. The van der Waals surface area contributed by atoms with Crippen LogP contribution in [0.15, 0.2) is 4.90 Å². The molecule has 0 amide bonds. The van der Waals surface area contributed by atoms with Crippen LogP contribution in [0.3, 0.4) is 0 Å². The lowest BCUT2D eigenvalue weighted by Gasteiger charge is -2.21. The van der Waals surface area contributed by atoms with Crippen LogP contribution < -0.4 is 0 Å². The average Bonchev–Trinajstić information content (AvgIpc) is 2.42. The summed E-state index contributed by atoms with van der Waals surface area (Å²) in [7, 11) is -5.95. The highest BCUT2D eigenvalue weighted by molar-refractivity contribution is 8.04. The van der Waals surface area contributed by atoms with Crippen molar-refractivity contribution in [1.82, 2.24) is 3.87 Å². The largest absolute Gasteiger partial charge is 0.596 e. The molecule has 5 nitrogen and oxygen atoms in total. The first-order valence-corrected chi connectivity index (χ1v) is 7.42. The SMILES string of the molecule is CON([S+]([O-])C(F)(F)F)S(=O)(=O)c1c(F)c(F)c(F)c(F)c1F. The molecule has 1 unspecified atom stereocenters. The van der Waals surface area contributed by atoms with Crippen molar-refractivity contribution >= 4 is 21.4 Å². The summed E-state index contributed by atoms with van der Waals surface area (Å²) in [6.07, 6.45) is 0. The summed E-state index contributed by atoms with van der Waals surface area (Å²) in [5.41, 5.74) is -5.77. The maximum Gasteiger partial charge on any atom is 0.596 e. The van der Waals surface area contributed by atoms with Crippen LogP contribution in [0.2, 0.25) is 0 Å². The maximum absolute atomic E-state index is 13.4. The van der Waals surface area contributed by atoms with Gasteiger partial charge in [0, 0.05) is 0 Å². The molecule has 0 aromatic heterocycles. The van der Waals surface area contributed by atoms with Crippen molar-refractivity contribution in [3.8, 4) is 0 Å². The van der Waals surface area contributed by atoms with Gasteiger partial charge in [-0.2, -0.15) is 0 Å². The molecule has 0 N–H and O–H groups in total. The van der Waals surface area contributed by atoms with Gasteiger partial charge in [-0.1, -0.05) is 0 Å². The zero-order valence-corrected chi connectivity index (χ0v) is 12.1. The van der Waals surface area contributed by atoms with Gasteiger partial charge in [-0.25, -0.2) is 35.2 Å². The van der Waals surface area contributed by atoms with Crippen LogP contribution >= 0.6 is 0 Å². The highest BCUT2D eigenvalue weighted by atomic mass is 32.3. The second kappa shape index (κ2) is 6.39. The van der Waals surface area contributed by atoms with Crippen molar-refractivity contribution in [2.45, 2.75) is 10.4 Å². The second-order valence-corrected chi connectivity index (χ2v) is 6.69. The fourth-order valence-corrected chi connectivity index (χ4v) is 3.70. The molecular formula is C8H3F8NO4S2. The molecule has 0 spiro atoms. The first-order valence-electron chi connectivity index (χ1n) is 4.88. The zero-order chi connectivity index (χ0) is 18.3. The Bertz CT molecular complexity index is 693. The van der Waals surface area contributed by atoms with Gasteiger partial charge in [0.05, 0.1) is 7.11 Å². The molecule has 1 aromatic rings. The van der Waals surface area contributed by atoms with Gasteiger partial charge >= 0.3 is 15.5 Å². The number of benzene rings is 1. The Balaban J connectivity index is 3.68. The zero-order valence-electron chi connectivity index (χ0n) is 10.4. The highest BCUT2D eigenvalue weighted by Gasteiger charge is 2.57. The van der Waals surface area contributed by atoms with Crippen LogP contribution in [-0.4, -0.2) is 29.5 Å². The Kier molecular flexibility index (Phi) is 5.52. The third kappa shape index (κ3) is 3.37. The lowest BCUT2D eigenvalue weighted by Crippen LogP contribution is -2.44. The molecule has 0 aliphatic heterocycles. The third-order valence-corrected chi connectivity index (χ3v) is 5.33. The number of nitrogens with zero attached hydrogens (tertiary/aromatic N) is 1. The van der Waals surface area contributed by atoms with E-state index in [0.717, 1.165) is 0 Å². The number of hydrogen-bond acceptors (Lipinski definition) is 4. The third-order valence-electron chi connectivity index (χ3n) is 2.11. The minimum Gasteiger partial charge on any atom is -0.588 e. The summed E-state index contributed by atoms with van der Waals surface area (Å²) in [4.78, 5) is 0.986. The molecule has 0 heterocycles. The van der Waals surface area contributed by atoms with Gasteiger partial charge in [-0.15, -0.1) is 13.2 Å². The van der Waals surface area contributed by atoms with Crippen molar-refractivity contribution in [3.63, 3.8) is 0 Å². The van der Waals surface area contributed by atoms with Gasteiger partial charge in [-0.3, -0.25) is 0 Å². The number of sulfonamides is 1. The first-order chi connectivity index (χ1) is 10.3. The van der Waals surface area contributed by atoms with E-state index in [0.29, 0.717) is 0 Å². The molecule has 1 atom stereocenters. The van der Waals surface area contributed by atoms with E-state index in [1.807, 2.05) is 0 Å². The van der Waals surface area contributed by atoms with E-state index < -0.39 is 64.7 Å². The topological polar surface area (TPSA) is 69.7 Å². The molecule has 132 valence electrons. The summed E-state index contributed by atoms with van der Waals surface area (Å²) in [5.74, 6) is -14.1. The number of hydrogen-bond donors (Lipinski definition) is 0. The van der Waals surface area contributed by atoms with Crippen molar-refractivity contribution < 1.29 is 52.9 Å². The number of rotatable bonds is 4. The van der Waals surface area contributed by atoms with E-state index in [2.05, 4.69) is 4.84 Å². The second-order valence-electron chi connectivity index (χ2n) is 3.48. The van der Waals surface area contributed by atoms with Gasteiger partial charge in [0.2, 0.25) is 17.2 Å². The average molecular weight is 393 g/mol. The molecule has 0 aliphatic carbocycles. The van der Waals surface area contributed by atoms with E-state index in [1.54, 1.807) is 0 Å². The van der Waals surface area contributed by atoms with Gasteiger partial charge < -0.3 is 4.55 Å². The number of halogens is 8. The lowest BCUT2D eigenvalue weighted by atomic mass is 10.3. The Morgan fingerprint density at radius 2 is 1.30 bits per heavy atom. The van der Waals surface area contributed by atoms with Gasteiger partial charge in [0.15, 0.2) is 28.2 Å². The first kappa shape index (κ1) is 19.9. The monoisotopic (exact) mass is 393 g/mol. The normalized spacial score (nSPS) is 14.4. The predicted molar refractivity (Wildman–Crippen MR) is 56.5 cm³/mol. The smallest absolute Gasteiger partial charge is 0.588 e. The number of alkyl halides is 3. The Labute approximate surface area is 125 Å². The summed E-state index contributed by atoms with van der Waals surface area (Å²) in [6.45, 7) is 0. The molecule has 0 fully saturated rings. The van der Waals surface area contributed by atoms with Crippen LogP contribution in [0.4, 0.5) is 35.1 Å². The molecule has 1 aromatic carbocycles. The molecule has 0 radical (unpaired) electrons. The predicted octanol–water partition coefficient (Wildman–Crippen LogP) is 2.12. The van der Waals surface area contributed by atoms with E-state index in [1.165, 1.54) is 0 Å². The minimum atomic E-state index is -6.16. The van der Waals surface area contributed by atoms with Crippen molar-refractivity contribution in [3.05, 3.63) is 29.1 Å². The van der Waals surface area contributed by atoms with Crippen LogP contribution in [0.5, 0.6) is 0 Å². The van der Waals surface area contributed by atoms with Crippen molar-refractivity contribution in [2.24, 2.45) is 0 Å². The standard InChI is InChI=1S/C8H3F8NO4S2/c1-21-17(22(18)8(14,15)16)23(19,20)7-5(12)3(10)2(9)4(11)6(7)13/h1H3. The molecular weight excluding hydrogens is 390 g/mol. The van der Waals surface area contributed by atoms with E-state index in [-0.39, 0.29) is 7.11 Å². The fourth-order valence-electron chi connectivity index (χ4n) is 1.23. The molecule has 0 bridgehead atoms. The summed E-state index contributed by atoms with van der Waals surface area (Å²) >= 11 is -4.53. The van der Waals surface area contributed by atoms with Gasteiger partial charge in [0.1, 0.15) is 3.87 Å². The molecule has 15 heteroatoms. The Morgan fingerprint density at radius 1 is 0.957 bits per heavy atom. The van der Waals surface area contributed by atoms with Crippen LogP contribution in [0.25, 0.3) is 0 Å². The molecule has 0 aliphatic rings. The van der Waals surface area contributed by atoms with E-state index >= 15 is 0 Å².